The van der Waals surface area contributed by atoms with Crippen molar-refractivity contribution in [1.29, 1.82) is 0 Å². The maximum atomic E-state index is 13.0. The fraction of sp³-hybridized carbons (Fsp3) is 0.300. The maximum Gasteiger partial charge on any atom is 0.270 e. The third kappa shape index (κ3) is 3.14. The van der Waals surface area contributed by atoms with Crippen LogP contribution < -0.4 is 10.6 Å². The van der Waals surface area contributed by atoms with Gasteiger partial charge in [-0.1, -0.05) is 12.1 Å². The van der Waals surface area contributed by atoms with Crippen LogP contribution in [0.15, 0.2) is 36.7 Å². The average Bonchev–Trinajstić information content (AvgIpc) is 2.98. The number of hydrogen-bond acceptors (Lipinski definition) is 5. The number of carbonyl (C=O) groups is 2. The van der Waals surface area contributed by atoms with E-state index in [0.29, 0.717) is 16.9 Å². The van der Waals surface area contributed by atoms with E-state index < -0.39 is 17.9 Å². The third-order valence-corrected chi connectivity index (χ3v) is 5.36. The third-order valence-electron chi connectivity index (χ3n) is 5.36. The summed E-state index contributed by atoms with van der Waals surface area (Å²) >= 11 is 0. The van der Waals surface area contributed by atoms with Crippen molar-refractivity contribution >= 4 is 34.2 Å². The van der Waals surface area contributed by atoms with Gasteiger partial charge in [0, 0.05) is 25.4 Å². The SMILES string of the molecule is Cn1ncc2cc(Nc3cccc4c3C(=O)N(CC(=O)NC3CC3(F)F)C4)cnc21. The minimum absolute atomic E-state index is 0.248. The highest BCUT2D eigenvalue weighted by Crippen LogP contribution is 2.41. The Morgan fingerprint density at radius 2 is 2.13 bits per heavy atom. The number of fused-ring (bicyclic) bond motifs is 2. The molecule has 2 N–H and O–H groups in total. The predicted molar refractivity (Wildman–Crippen MR) is 104 cm³/mol. The summed E-state index contributed by atoms with van der Waals surface area (Å²) in [6.07, 6.45) is 3.01. The number of pyridine rings is 1. The molecule has 1 unspecified atom stereocenters. The summed E-state index contributed by atoms with van der Waals surface area (Å²) in [7, 11) is 1.81. The van der Waals surface area contributed by atoms with Crippen molar-refractivity contribution in [2.75, 3.05) is 11.9 Å². The Hall–Kier alpha value is -3.56. The normalized spacial score (nSPS) is 19.1. The molecule has 3 heterocycles. The van der Waals surface area contributed by atoms with Crippen LogP contribution in [0.4, 0.5) is 20.2 Å². The molecule has 10 heteroatoms. The number of rotatable bonds is 5. The van der Waals surface area contributed by atoms with E-state index in [1.165, 1.54) is 4.90 Å². The highest BCUT2D eigenvalue weighted by Gasteiger charge is 2.57. The van der Waals surface area contributed by atoms with Crippen molar-refractivity contribution in [3.8, 4) is 0 Å². The molecule has 1 fully saturated rings. The molecule has 154 valence electrons. The summed E-state index contributed by atoms with van der Waals surface area (Å²) in [6.45, 7) is -0.0131. The van der Waals surface area contributed by atoms with Crippen molar-refractivity contribution in [2.45, 2.75) is 24.9 Å². The van der Waals surface area contributed by atoms with E-state index in [2.05, 4.69) is 20.7 Å². The lowest BCUT2D eigenvalue weighted by atomic mass is 10.1. The zero-order chi connectivity index (χ0) is 21.0. The van der Waals surface area contributed by atoms with E-state index in [4.69, 9.17) is 0 Å². The molecule has 0 radical (unpaired) electrons. The zero-order valence-corrected chi connectivity index (χ0v) is 16.0. The first-order valence-electron chi connectivity index (χ1n) is 9.45. The summed E-state index contributed by atoms with van der Waals surface area (Å²) in [5.41, 5.74) is 3.27. The standard InChI is InChI=1S/C20H18F2N6O2/c1-27-18-12(7-24-27)5-13(8-23-18)25-14-4-2-3-11-9-28(19(30)17(11)14)10-16(29)26-15-6-20(15,21)22/h2-5,7-8,15,25H,6,9-10H2,1H3,(H,26,29). The lowest BCUT2D eigenvalue weighted by molar-refractivity contribution is -0.122. The van der Waals surface area contributed by atoms with E-state index in [1.807, 2.05) is 18.2 Å². The molecular weight excluding hydrogens is 394 g/mol. The molecule has 8 nitrogen and oxygen atoms in total. The first-order chi connectivity index (χ1) is 14.3. The molecular formula is C20H18F2N6O2. The second-order valence-corrected chi connectivity index (χ2v) is 7.62. The van der Waals surface area contributed by atoms with Crippen LogP contribution >= 0.6 is 0 Å². The average molecular weight is 412 g/mol. The lowest BCUT2D eigenvalue weighted by Crippen LogP contribution is -2.39. The maximum absolute atomic E-state index is 13.0. The van der Waals surface area contributed by atoms with E-state index in [0.717, 1.165) is 16.6 Å². The summed E-state index contributed by atoms with van der Waals surface area (Å²) in [5.74, 6) is -3.74. The van der Waals surface area contributed by atoms with Gasteiger partial charge in [-0.15, -0.1) is 0 Å². The molecule has 2 amide bonds. The molecule has 1 saturated carbocycles. The van der Waals surface area contributed by atoms with Crippen LogP contribution in [0.3, 0.4) is 0 Å². The fourth-order valence-electron chi connectivity index (χ4n) is 3.70. The Bertz CT molecular complexity index is 1190. The highest BCUT2D eigenvalue weighted by atomic mass is 19.3. The fourth-order valence-corrected chi connectivity index (χ4v) is 3.70. The van der Waals surface area contributed by atoms with Gasteiger partial charge < -0.3 is 15.5 Å². The summed E-state index contributed by atoms with van der Waals surface area (Å²) in [4.78, 5) is 30.7. The second-order valence-electron chi connectivity index (χ2n) is 7.62. The second kappa shape index (κ2) is 6.48. The van der Waals surface area contributed by atoms with Crippen LogP contribution in [-0.4, -0.2) is 50.0 Å². The Balaban J connectivity index is 1.33. The van der Waals surface area contributed by atoms with Crippen LogP contribution in [0.2, 0.25) is 0 Å². The van der Waals surface area contributed by atoms with Crippen molar-refractivity contribution in [3.05, 3.63) is 47.8 Å². The van der Waals surface area contributed by atoms with Gasteiger partial charge in [0.05, 0.1) is 35.4 Å². The molecule has 2 aliphatic rings. The van der Waals surface area contributed by atoms with Crippen molar-refractivity contribution in [2.24, 2.45) is 7.05 Å². The minimum atomic E-state index is -2.84. The first-order valence-corrected chi connectivity index (χ1v) is 9.45. The van der Waals surface area contributed by atoms with Crippen LogP contribution in [0, 0.1) is 0 Å². The Morgan fingerprint density at radius 3 is 2.90 bits per heavy atom. The first kappa shape index (κ1) is 18.5. The van der Waals surface area contributed by atoms with Crippen LogP contribution in [0.1, 0.15) is 22.3 Å². The minimum Gasteiger partial charge on any atom is -0.354 e. The van der Waals surface area contributed by atoms with Gasteiger partial charge in [-0.3, -0.25) is 14.3 Å². The number of benzene rings is 1. The molecule has 0 bridgehead atoms. The van der Waals surface area contributed by atoms with Gasteiger partial charge in [0.25, 0.3) is 11.8 Å². The van der Waals surface area contributed by atoms with Gasteiger partial charge >= 0.3 is 0 Å². The number of anilines is 2. The summed E-state index contributed by atoms with van der Waals surface area (Å²) in [6, 6.07) is 6.16. The van der Waals surface area contributed by atoms with Crippen LogP contribution in [0.25, 0.3) is 11.0 Å². The van der Waals surface area contributed by atoms with E-state index in [1.54, 1.807) is 30.2 Å². The Kier molecular flexibility index (Phi) is 3.99. The number of hydrogen-bond donors (Lipinski definition) is 2. The number of amides is 2. The molecule has 2 aromatic heterocycles. The van der Waals surface area contributed by atoms with Gasteiger partial charge in [0.2, 0.25) is 5.91 Å². The van der Waals surface area contributed by atoms with Crippen molar-refractivity contribution < 1.29 is 18.4 Å². The molecule has 1 atom stereocenters. The van der Waals surface area contributed by atoms with Crippen molar-refractivity contribution in [1.82, 2.24) is 25.0 Å². The number of nitrogens with zero attached hydrogens (tertiary/aromatic N) is 4. The highest BCUT2D eigenvalue weighted by molar-refractivity contribution is 6.05. The van der Waals surface area contributed by atoms with Crippen LogP contribution in [-0.2, 0) is 18.4 Å². The molecule has 1 aliphatic heterocycles. The smallest absolute Gasteiger partial charge is 0.270 e. The summed E-state index contributed by atoms with van der Waals surface area (Å²) in [5, 5.41) is 10.5. The number of aryl methyl sites for hydroxylation is 1. The topological polar surface area (TPSA) is 92.2 Å². The molecule has 3 aromatic rings. The Morgan fingerprint density at radius 1 is 1.33 bits per heavy atom. The van der Waals surface area contributed by atoms with Gasteiger partial charge in [-0.25, -0.2) is 13.8 Å². The number of aromatic nitrogens is 3. The molecule has 30 heavy (non-hydrogen) atoms. The molecule has 1 aliphatic carbocycles. The molecule has 0 saturated heterocycles. The number of halogens is 2. The zero-order valence-electron chi connectivity index (χ0n) is 16.0. The lowest BCUT2D eigenvalue weighted by Gasteiger charge is -2.15. The van der Waals surface area contributed by atoms with E-state index >= 15 is 0 Å². The van der Waals surface area contributed by atoms with E-state index in [-0.39, 0.29) is 25.4 Å². The van der Waals surface area contributed by atoms with Gasteiger partial charge in [0.15, 0.2) is 5.65 Å². The van der Waals surface area contributed by atoms with Crippen molar-refractivity contribution in [3.63, 3.8) is 0 Å². The Labute approximate surface area is 169 Å². The van der Waals surface area contributed by atoms with Gasteiger partial charge in [-0.2, -0.15) is 5.10 Å². The molecule has 0 spiro atoms. The molecule has 1 aromatic carbocycles. The number of nitrogens with one attached hydrogen (secondary N) is 2. The van der Waals surface area contributed by atoms with E-state index in [9.17, 15) is 18.4 Å². The van der Waals surface area contributed by atoms with Gasteiger partial charge in [0.1, 0.15) is 6.54 Å². The van der Waals surface area contributed by atoms with Crippen LogP contribution in [0.5, 0.6) is 0 Å². The quantitative estimate of drug-likeness (QED) is 0.670. The van der Waals surface area contributed by atoms with Gasteiger partial charge in [-0.05, 0) is 17.7 Å². The largest absolute Gasteiger partial charge is 0.354 e. The monoisotopic (exact) mass is 412 g/mol. The number of carbonyl (C=O) groups excluding carboxylic acids is 2. The summed E-state index contributed by atoms with van der Waals surface area (Å²) < 4.78 is 27.7. The molecule has 5 rings (SSSR count). The number of alkyl halides is 2. The predicted octanol–water partition coefficient (Wildman–Crippen LogP) is 2.19.